The molecule has 1 aliphatic rings. The summed E-state index contributed by atoms with van der Waals surface area (Å²) in [5.74, 6) is 0.378. The molecular weight excluding hydrogens is 719 g/mol. The van der Waals surface area contributed by atoms with Crippen molar-refractivity contribution in [1.29, 1.82) is 0 Å². The van der Waals surface area contributed by atoms with E-state index in [1.807, 2.05) is 13.0 Å². The zero-order valence-corrected chi connectivity index (χ0v) is 28.8. The smallest absolute Gasteiger partial charge is 0.337 e. The average molecular weight is 750 g/mol. The summed E-state index contributed by atoms with van der Waals surface area (Å²) in [6.45, 7) is 3.70. The third-order valence-corrected chi connectivity index (χ3v) is 7.98. The topological polar surface area (TPSA) is 146 Å². The van der Waals surface area contributed by atoms with Gasteiger partial charge in [-0.25, -0.2) is 15.0 Å². The molecule has 0 radical (unpaired) electrons. The zero-order chi connectivity index (χ0) is 34.1. The second-order valence-corrected chi connectivity index (χ2v) is 11.5. The molecule has 3 N–H and O–H groups in total. The van der Waals surface area contributed by atoms with Crippen LogP contribution in [0.4, 0.5) is 4.79 Å². The van der Waals surface area contributed by atoms with E-state index in [1.165, 1.54) is 20.4 Å². The molecule has 0 bridgehead atoms. The molecule has 12 nitrogen and oxygen atoms in total. The molecule has 0 fully saturated rings. The summed E-state index contributed by atoms with van der Waals surface area (Å²) in [5, 5.41) is 10.2. The number of hydrazone groups is 1. The van der Waals surface area contributed by atoms with Crippen LogP contribution in [0.1, 0.15) is 36.6 Å². The van der Waals surface area contributed by atoms with E-state index in [2.05, 4.69) is 37.1 Å². The minimum absolute atomic E-state index is 0.229. The molecule has 0 aliphatic carbocycles. The van der Waals surface area contributed by atoms with E-state index in [0.29, 0.717) is 49.4 Å². The van der Waals surface area contributed by atoms with Gasteiger partial charge in [0.15, 0.2) is 29.6 Å². The first kappa shape index (κ1) is 35.4. The Labute approximate surface area is 289 Å². The van der Waals surface area contributed by atoms with E-state index in [-0.39, 0.29) is 30.3 Å². The van der Waals surface area contributed by atoms with E-state index < -0.39 is 23.9 Å². The van der Waals surface area contributed by atoms with Gasteiger partial charge in [0.2, 0.25) is 0 Å². The molecule has 4 rings (SSSR count). The number of allylic oxidation sites excluding steroid dienone is 1. The monoisotopic (exact) mass is 748 g/mol. The van der Waals surface area contributed by atoms with Crippen molar-refractivity contribution >= 4 is 63.3 Å². The first-order valence-corrected chi connectivity index (χ1v) is 15.6. The molecule has 3 aromatic rings. The summed E-state index contributed by atoms with van der Waals surface area (Å²) in [6.07, 6.45) is 1.45. The van der Waals surface area contributed by atoms with Crippen LogP contribution in [0, 0.1) is 0 Å². The molecule has 47 heavy (non-hydrogen) atoms. The largest absolute Gasteiger partial charge is 0.493 e. The Hall–Kier alpha value is -4.46. The molecule has 15 heteroatoms. The molecule has 248 valence electrons. The fourth-order valence-corrected chi connectivity index (χ4v) is 5.41. The summed E-state index contributed by atoms with van der Waals surface area (Å²) in [6, 6.07) is 12.3. The summed E-state index contributed by atoms with van der Waals surface area (Å²) in [4.78, 5) is 37.1. The number of hydrogen-bond donors (Lipinski definition) is 3. The van der Waals surface area contributed by atoms with Gasteiger partial charge in [0.25, 0.3) is 5.91 Å². The van der Waals surface area contributed by atoms with Crippen LogP contribution in [0.3, 0.4) is 0 Å². The molecule has 0 aromatic heterocycles. The minimum Gasteiger partial charge on any atom is -0.493 e. The average Bonchev–Trinajstić information content (AvgIpc) is 3.04. The van der Waals surface area contributed by atoms with Crippen LogP contribution in [0.15, 0.2) is 69.4 Å². The van der Waals surface area contributed by atoms with Crippen molar-refractivity contribution in [2.75, 3.05) is 27.4 Å². The van der Waals surface area contributed by atoms with Crippen molar-refractivity contribution in [2.45, 2.75) is 26.5 Å². The highest BCUT2D eigenvalue weighted by Gasteiger charge is 2.32. The number of ether oxygens (including phenoxy) is 5. The number of carbonyl (C=O) groups excluding carboxylic acids is 3. The van der Waals surface area contributed by atoms with Crippen LogP contribution in [-0.4, -0.2) is 51.6 Å². The molecule has 0 saturated heterocycles. The Morgan fingerprint density at radius 2 is 1.79 bits per heavy atom. The van der Waals surface area contributed by atoms with Gasteiger partial charge in [-0.1, -0.05) is 35.3 Å². The zero-order valence-electron chi connectivity index (χ0n) is 25.7. The van der Waals surface area contributed by atoms with Crippen LogP contribution in [-0.2, 0) is 20.9 Å². The normalized spacial score (nSPS) is 14.3. The second-order valence-electron chi connectivity index (χ2n) is 9.85. The van der Waals surface area contributed by atoms with Gasteiger partial charge in [0.1, 0.15) is 6.61 Å². The maximum atomic E-state index is 12.5. The first-order valence-electron chi connectivity index (χ1n) is 14.1. The van der Waals surface area contributed by atoms with Crippen molar-refractivity contribution in [1.82, 2.24) is 16.1 Å². The lowest BCUT2D eigenvalue weighted by molar-refractivity contribution is -0.136. The van der Waals surface area contributed by atoms with E-state index in [1.54, 1.807) is 49.4 Å². The molecule has 0 unspecified atom stereocenters. The lowest BCUT2D eigenvalue weighted by Gasteiger charge is -2.28. The van der Waals surface area contributed by atoms with Crippen LogP contribution >= 0.6 is 39.1 Å². The fourth-order valence-electron chi connectivity index (χ4n) is 4.51. The van der Waals surface area contributed by atoms with Gasteiger partial charge in [-0.15, -0.1) is 0 Å². The second kappa shape index (κ2) is 16.4. The highest BCUT2D eigenvalue weighted by molar-refractivity contribution is 9.10. The van der Waals surface area contributed by atoms with E-state index in [4.69, 9.17) is 46.9 Å². The van der Waals surface area contributed by atoms with Gasteiger partial charge >= 0.3 is 12.0 Å². The van der Waals surface area contributed by atoms with E-state index >= 15 is 0 Å². The number of rotatable bonds is 13. The summed E-state index contributed by atoms with van der Waals surface area (Å²) < 4.78 is 28.4. The third-order valence-electron chi connectivity index (χ3n) is 6.66. The number of carbonyl (C=O) groups is 3. The number of halogens is 3. The highest BCUT2D eigenvalue weighted by Crippen LogP contribution is 2.38. The lowest BCUT2D eigenvalue weighted by atomic mass is 9.95. The number of benzene rings is 3. The lowest BCUT2D eigenvalue weighted by Crippen LogP contribution is -2.45. The van der Waals surface area contributed by atoms with E-state index in [9.17, 15) is 14.4 Å². The predicted molar refractivity (Wildman–Crippen MR) is 179 cm³/mol. The number of nitrogens with one attached hydrogen (secondary N) is 3. The Morgan fingerprint density at radius 3 is 2.49 bits per heavy atom. The summed E-state index contributed by atoms with van der Waals surface area (Å²) >= 11 is 15.6. The van der Waals surface area contributed by atoms with Gasteiger partial charge in [0, 0.05) is 5.70 Å². The van der Waals surface area contributed by atoms with Crippen molar-refractivity contribution in [3.63, 3.8) is 0 Å². The van der Waals surface area contributed by atoms with Gasteiger partial charge in [0.05, 0.1) is 53.2 Å². The number of methoxy groups -OCH3 is 2. The molecule has 3 aromatic carbocycles. The standard InChI is InChI=1S/C32H31BrCl2N4O8/c1-5-45-26-12-19(10-21(33)30(26)47-15-18-6-8-22(34)23(35)11-18)14-36-39-27(40)16-46-24-9-7-20(13-25(24)43-3)29-28(31(41)44-4)17(2)37-32(42)38-29/h6-14,29H,5,15-16H2,1-4H3,(H,39,40)(H2,37,38,42)/b36-14-/t29-/m1/s1. The maximum Gasteiger partial charge on any atom is 0.337 e. The Morgan fingerprint density at radius 1 is 1.00 bits per heavy atom. The number of nitrogens with zero attached hydrogens (tertiary/aromatic N) is 1. The SMILES string of the molecule is CCOc1cc(/C=N\NC(=O)COc2ccc([C@H]3NC(=O)NC(C)=C3C(=O)OC)cc2OC)cc(Br)c1OCc1ccc(Cl)c(Cl)c1. The number of hydrogen-bond acceptors (Lipinski definition) is 9. The van der Waals surface area contributed by atoms with Crippen molar-refractivity contribution < 1.29 is 38.1 Å². The van der Waals surface area contributed by atoms with Crippen LogP contribution in [0.2, 0.25) is 10.0 Å². The third kappa shape index (κ3) is 9.09. The molecule has 3 amide bonds. The minimum atomic E-state index is -0.789. The Kier molecular flexibility index (Phi) is 12.3. The molecule has 1 aliphatic heterocycles. The molecular formula is C32H31BrCl2N4O8. The van der Waals surface area contributed by atoms with Crippen molar-refractivity contribution in [2.24, 2.45) is 5.10 Å². The predicted octanol–water partition coefficient (Wildman–Crippen LogP) is 6.07. The van der Waals surface area contributed by atoms with Crippen LogP contribution in [0.25, 0.3) is 0 Å². The van der Waals surface area contributed by atoms with Gasteiger partial charge < -0.3 is 34.3 Å². The number of urea groups is 1. The Balaban J connectivity index is 1.39. The quantitative estimate of drug-likeness (QED) is 0.109. The molecule has 0 saturated carbocycles. The van der Waals surface area contributed by atoms with Crippen LogP contribution in [0.5, 0.6) is 23.0 Å². The molecule has 1 atom stereocenters. The van der Waals surface area contributed by atoms with Gasteiger partial charge in [-0.2, -0.15) is 5.10 Å². The van der Waals surface area contributed by atoms with Gasteiger partial charge in [-0.3, -0.25) is 4.79 Å². The maximum absolute atomic E-state index is 12.5. The Bertz CT molecular complexity index is 1730. The first-order chi connectivity index (χ1) is 22.5. The number of esters is 1. The highest BCUT2D eigenvalue weighted by atomic mass is 79.9. The van der Waals surface area contributed by atoms with E-state index in [0.717, 1.165) is 5.56 Å². The molecule has 0 spiro atoms. The van der Waals surface area contributed by atoms with Gasteiger partial charge in [-0.05, 0) is 82.9 Å². The number of amides is 3. The fraction of sp³-hybridized carbons (Fsp3) is 0.250. The molecule has 1 heterocycles. The van der Waals surface area contributed by atoms with Crippen molar-refractivity contribution in [3.8, 4) is 23.0 Å². The van der Waals surface area contributed by atoms with Crippen LogP contribution < -0.4 is 35.0 Å². The summed E-state index contributed by atoms with van der Waals surface area (Å²) in [5.41, 5.74) is 5.03. The summed E-state index contributed by atoms with van der Waals surface area (Å²) in [7, 11) is 2.69. The van der Waals surface area contributed by atoms with Crippen molar-refractivity contribution in [3.05, 3.63) is 91.0 Å².